The highest BCUT2D eigenvalue weighted by Crippen LogP contribution is 2.40. The van der Waals surface area contributed by atoms with E-state index in [1.807, 2.05) is 0 Å². The van der Waals surface area contributed by atoms with Crippen molar-refractivity contribution < 1.29 is 4.39 Å². The summed E-state index contributed by atoms with van der Waals surface area (Å²) < 4.78 is 12.8. The molecule has 2 aliphatic rings. The number of nitrogens with zero attached hydrogens (tertiary/aromatic N) is 2. The smallest absolute Gasteiger partial charge is 0.141 e. The van der Waals surface area contributed by atoms with Crippen molar-refractivity contribution in [1.82, 2.24) is 9.88 Å². The van der Waals surface area contributed by atoms with Gasteiger partial charge < -0.3 is 0 Å². The van der Waals surface area contributed by atoms with Gasteiger partial charge in [-0.3, -0.25) is 9.88 Å². The molecule has 2 bridgehead atoms. The van der Waals surface area contributed by atoms with Gasteiger partial charge in [-0.2, -0.15) is 0 Å². The van der Waals surface area contributed by atoms with Gasteiger partial charge in [-0.05, 0) is 36.6 Å². The molecule has 0 radical (unpaired) electrons. The van der Waals surface area contributed by atoms with Crippen LogP contribution in [-0.2, 0) is 0 Å². The van der Waals surface area contributed by atoms with Crippen LogP contribution in [0.25, 0.3) is 5.57 Å². The Bertz CT molecular complexity index is 424. The second-order valence-electron chi connectivity index (χ2n) is 4.58. The van der Waals surface area contributed by atoms with Crippen LogP contribution < -0.4 is 0 Å². The highest BCUT2D eigenvalue weighted by Gasteiger charge is 2.38. The van der Waals surface area contributed by atoms with Crippen molar-refractivity contribution in [3.05, 3.63) is 35.9 Å². The van der Waals surface area contributed by atoms with Gasteiger partial charge in [-0.25, -0.2) is 4.39 Å². The number of aromatic nitrogens is 1. The molecule has 1 aliphatic heterocycles. The van der Waals surface area contributed by atoms with Gasteiger partial charge in [-0.1, -0.05) is 13.0 Å². The van der Waals surface area contributed by atoms with Gasteiger partial charge in [0, 0.05) is 12.6 Å². The minimum absolute atomic E-state index is 0.264. The molecule has 1 saturated heterocycles. The Labute approximate surface area is 94.8 Å². The average molecular weight is 218 g/mol. The number of hydrogen-bond donors (Lipinski definition) is 0. The molecule has 2 unspecified atom stereocenters. The molecular weight excluding hydrogens is 203 g/mol. The monoisotopic (exact) mass is 218 g/mol. The van der Waals surface area contributed by atoms with Crippen LogP contribution in [0, 0.1) is 11.7 Å². The highest BCUT2D eigenvalue weighted by atomic mass is 19.1. The quantitative estimate of drug-likeness (QED) is 0.757. The standard InChI is InChI=1S/C13H15FN2/c1-2-16-8-9-5-11(13(16)6-9)12-4-3-10(14)7-15-12/h3-5,7,9,13H,2,6,8H2,1H3. The lowest BCUT2D eigenvalue weighted by molar-refractivity contribution is 0.302. The summed E-state index contributed by atoms with van der Waals surface area (Å²) in [5.74, 6) is 0.409. The molecule has 0 amide bonds. The fourth-order valence-electron chi connectivity index (χ4n) is 2.90. The summed E-state index contributed by atoms with van der Waals surface area (Å²) in [5.41, 5.74) is 2.23. The molecule has 1 fully saturated rings. The molecule has 1 aromatic rings. The van der Waals surface area contributed by atoms with E-state index in [1.54, 1.807) is 6.07 Å². The van der Waals surface area contributed by atoms with Crippen molar-refractivity contribution in [2.24, 2.45) is 5.92 Å². The Morgan fingerprint density at radius 3 is 3.00 bits per heavy atom. The van der Waals surface area contributed by atoms with E-state index in [2.05, 4.69) is 22.9 Å². The normalized spacial score (nSPS) is 28.5. The van der Waals surface area contributed by atoms with Gasteiger partial charge in [0.15, 0.2) is 0 Å². The molecule has 0 N–H and O–H groups in total. The summed E-state index contributed by atoms with van der Waals surface area (Å²) in [6.07, 6.45) is 4.83. The summed E-state index contributed by atoms with van der Waals surface area (Å²) >= 11 is 0. The molecule has 2 nitrogen and oxygen atoms in total. The molecule has 3 rings (SSSR count). The topological polar surface area (TPSA) is 16.1 Å². The lowest BCUT2D eigenvalue weighted by Crippen LogP contribution is -2.32. The van der Waals surface area contributed by atoms with Gasteiger partial charge in [-0.15, -0.1) is 0 Å². The zero-order valence-electron chi connectivity index (χ0n) is 9.36. The molecule has 84 valence electrons. The summed E-state index contributed by atoms with van der Waals surface area (Å²) in [7, 11) is 0. The molecule has 2 heterocycles. The molecule has 1 aliphatic carbocycles. The zero-order valence-corrected chi connectivity index (χ0v) is 9.36. The molecular formula is C13H15FN2. The number of halogens is 1. The van der Waals surface area contributed by atoms with Crippen molar-refractivity contribution in [2.45, 2.75) is 19.4 Å². The first-order valence-electron chi connectivity index (χ1n) is 5.85. The SMILES string of the molecule is CCN1CC2C=C(c3ccc(F)cn3)C1C2. The van der Waals surface area contributed by atoms with E-state index in [0.29, 0.717) is 12.0 Å². The summed E-state index contributed by atoms with van der Waals surface area (Å²) in [6.45, 7) is 4.45. The number of pyridine rings is 1. The first-order chi connectivity index (χ1) is 7.78. The Morgan fingerprint density at radius 1 is 1.50 bits per heavy atom. The number of likely N-dealkylation sites (N-methyl/N-ethyl adjacent to an activating group) is 1. The van der Waals surface area contributed by atoms with Crippen LogP contribution in [0.1, 0.15) is 19.0 Å². The fraction of sp³-hybridized carbons (Fsp3) is 0.462. The number of hydrogen-bond acceptors (Lipinski definition) is 2. The maximum absolute atomic E-state index is 12.8. The second-order valence-corrected chi connectivity index (χ2v) is 4.58. The Balaban J connectivity index is 1.91. The molecule has 16 heavy (non-hydrogen) atoms. The first-order valence-corrected chi connectivity index (χ1v) is 5.85. The minimum atomic E-state index is -0.264. The maximum atomic E-state index is 12.8. The molecule has 3 heteroatoms. The Kier molecular flexibility index (Phi) is 2.28. The average Bonchev–Trinajstić information content (AvgIpc) is 2.89. The van der Waals surface area contributed by atoms with Crippen LogP contribution in [0.4, 0.5) is 4.39 Å². The predicted octanol–water partition coefficient (Wildman–Crippen LogP) is 2.33. The third-order valence-electron chi connectivity index (χ3n) is 3.64. The predicted molar refractivity (Wildman–Crippen MR) is 61.3 cm³/mol. The van der Waals surface area contributed by atoms with Crippen LogP contribution in [-0.4, -0.2) is 29.0 Å². The van der Waals surface area contributed by atoms with Gasteiger partial charge in [0.1, 0.15) is 5.82 Å². The summed E-state index contributed by atoms with van der Waals surface area (Å²) in [6, 6.07) is 3.79. The fourth-order valence-corrected chi connectivity index (χ4v) is 2.90. The molecule has 0 aromatic carbocycles. The van der Waals surface area contributed by atoms with Crippen LogP contribution in [0.2, 0.25) is 0 Å². The van der Waals surface area contributed by atoms with E-state index < -0.39 is 0 Å². The van der Waals surface area contributed by atoms with E-state index in [4.69, 9.17) is 0 Å². The lowest BCUT2D eigenvalue weighted by atomic mass is 10.1. The number of rotatable bonds is 2. The van der Waals surface area contributed by atoms with Crippen molar-refractivity contribution in [2.75, 3.05) is 13.1 Å². The van der Waals surface area contributed by atoms with Crippen molar-refractivity contribution >= 4 is 5.57 Å². The van der Waals surface area contributed by atoms with Crippen molar-refractivity contribution in [1.29, 1.82) is 0 Å². The molecule has 0 spiro atoms. The van der Waals surface area contributed by atoms with Crippen LogP contribution in [0.15, 0.2) is 24.4 Å². The largest absolute Gasteiger partial charge is 0.296 e. The first kappa shape index (κ1) is 9.97. The zero-order chi connectivity index (χ0) is 11.1. The minimum Gasteiger partial charge on any atom is -0.296 e. The third-order valence-corrected chi connectivity index (χ3v) is 3.64. The molecule has 1 aromatic heterocycles. The summed E-state index contributed by atoms with van der Waals surface area (Å²) in [4.78, 5) is 6.66. The molecule has 0 saturated carbocycles. The van der Waals surface area contributed by atoms with E-state index in [1.165, 1.54) is 30.8 Å². The van der Waals surface area contributed by atoms with Crippen molar-refractivity contribution in [3.8, 4) is 0 Å². The van der Waals surface area contributed by atoms with Crippen LogP contribution >= 0.6 is 0 Å². The molecule has 2 atom stereocenters. The number of fused-ring (bicyclic) bond motifs is 2. The summed E-state index contributed by atoms with van der Waals surface area (Å²) in [5, 5.41) is 0. The highest BCUT2D eigenvalue weighted by molar-refractivity contribution is 5.70. The maximum Gasteiger partial charge on any atom is 0.141 e. The van der Waals surface area contributed by atoms with Crippen molar-refractivity contribution in [3.63, 3.8) is 0 Å². The van der Waals surface area contributed by atoms with Gasteiger partial charge in [0.05, 0.1) is 11.9 Å². The van der Waals surface area contributed by atoms with Gasteiger partial charge in [0.25, 0.3) is 0 Å². The van der Waals surface area contributed by atoms with E-state index in [0.717, 1.165) is 12.2 Å². The van der Waals surface area contributed by atoms with Gasteiger partial charge in [0.2, 0.25) is 0 Å². The second kappa shape index (κ2) is 3.67. The Hall–Kier alpha value is -1.22. The van der Waals surface area contributed by atoms with E-state index in [-0.39, 0.29) is 5.82 Å². The van der Waals surface area contributed by atoms with Gasteiger partial charge >= 0.3 is 0 Å². The number of likely N-dealkylation sites (tertiary alicyclic amines) is 1. The van der Waals surface area contributed by atoms with E-state index >= 15 is 0 Å². The van der Waals surface area contributed by atoms with Crippen LogP contribution in [0.3, 0.4) is 0 Å². The van der Waals surface area contributed by atoms with Crippen LogP contribution in [0.5, 0.6) is 0 Å². The lowest BCUT2D eigenvalue weighted by Gasteiger charge is -2.26. The van der Waals surface area contributed by atoms with E-state index in [9.17, 15) is 4.39 Å². The third kappa shape index (κ3) is 1.47. The Morgan fingerprint density at radius 2 is 2.38 bits per heavy atom.